The molecule has 0 radical (unpaired) electrons. The zero-order chi connectivity index (χ0) is 13.0. The highest BCUT2D eigenvalue weighted by Gasteiger charge is 2.49. The predicted octanol–water partition coefficient (Wildman–Crippen LogP) is 3.59. The molecule has 1 aliphatic carbocycles. The minimum Gasteiger partial charge on any atom is -0.487 e. The van der Waals surface area contributed by atoms with E-state index in [1.54, 1.807) is 6.07 Å². The van der Waals surface area contributed by atoms with E-state index in [-0.39, 0.29) is 16.8 Å². The molecule has 0 saturated heterocycles. The Kier molecular flexibility index (Phi) is 2.46. The largest absolute Gasteiger partial charge is 0.487 e. The molecular formula is C15H19FO2. The number of aliphatic hydroxyl groups excluding tert-OH is 1. The molecule has 2 atom stereocenters. The summed E-state index contributed by atoms with van der Waals surface area (Å²) < 4.78 is 19.3. The highest BCUT2D eigenvalue weighted by molar-refractivity contribution is 5.38. The third-order valence-corrected chi connectivity index (χ3v) is 4.28. The second-order valence-corrected chi connectivity index (χ2v) is 6.53. The highest BCUT2D eigenvalue weighted by atomic mass is 19.1. The zero-order valence-electron chi connectivity index (χ0n) is 10.9. The molecule has 1 fully saturated rings. The number of aliphatic hydroxyl groups is 1. The van der Waals surface area contributed by atoms with Gasteiger partial charge in [0.1, 0.15) is 17.2 Å². The molecular weight excluding hydrogens is 231 g/mol. The normalized spacial score (nSPS) is 33.2. The Morgan fingerprint density at radius 1 is 1.33 bits per heavy atom. The van der Waals surface area contributed by atoms with E-state index in [1.165, 1.54) is 12.1 Å². The van der Waals surface area contributed by atoms with E-state index in [9.17, 15) is 9.50 Å². The molecule has 2 nitrogen and oxygen atoms in total. The van der Waals surface area contributed by atoms with Crippen LogP contribution in [0.2, 0.25) is 0 Å². The summed E-state index contributed by atoms with van der Waals surface area (Å²) in [7, 11) is 0. The maximum atomic E-state index is 13.2. The SMILES string of the molecule is CC1(C)CCC2(C[C@@H](O)c3cc(F)ccc3O2)C1. The van der Waals surface area contributed by atoms with Crippen molar-refractivity contribution in [2.45, 2.75) is 51.2 Å². The zero-order valence-corrected chi connectivity index (χ0v) is 10.9. The lowest BCUT2D eigenvalue weighted by Gasteiger charge is -2.39. The molecule has 1 unspecified atom stereocenters. The van der Waals surface area contributed by atoms with Gasteiger partial charge in [0, 0.05) is 12.0 Å². The smallest absolute Gasteiger partial charge is 0.126 e. The van der Waals surface area contributed by atoms with Crippen molar-refractivity contribution in [1.82, 2.24) is 0 Å². The Hall–Kier alpha value is -1.09. The first kappa shape index (κ1) is 12.0. The maximum Gasteiger partial charge on any atom is 0.126 e. The molecule has 0 aromatic heterocycles. The number of benzene rings is 1. The third-order valence-electron chi connectivity index (χ3n) is 4.28. The lowest BCUT2D eigenvalue weighted by molar-refractivity contribution is -0.0157. The quantitative estimate of drug-likeness (QED) is 0.762. The second-order valence-electron chi connectivity index (χ2n) is 6.53. The molecule has 0 amide bonds. The Labute approximate surface area is 107 Å². The van der Waals surface area contributed by atoms with Crippen LogP contribution < -0.4 is 4.74 Å². The average molecular weight is 250 g/mol. The van der Waals surface area contributed by atoms with Gasteiger partial charge in [0.05, 0.1) is 6.10 Å². The molecule has 1 aromatic carbocycles. The van der Waals surface area contributed by atoms with Gasteiger partial charge < -0.3 is 9.84 Å². The molecule has 0 bridgehead atoms. The van der Waals surface area contributed by atoms with Gasteiger partial charge in [-0.3, -0.25) is 0 Å². The fourth-order valence-corrected chi connectivity index (χ4v) is 3.49. The van der Waals surface area contributed by atoms with Crippen LogP contribution in [0.15, 0.2) is 18.2 Å². The Morgan fingerprint density at radius 2 is 2.11 bits per heavy atom. The molecule has 1 aliphatic heterocycles. The molecule has 1 heterocycles. The number of hydrogen-bond donors (Lipinski definition) is 1. The summed E-state index contributed by atoms with van der Waals surface area (Å²) >= 11 is 0. The first-order valence-corrected chi connectivity index (χ1v) is 6.56. The predicted molar refractivity (Wildman–Crippen MR) is 67.0 cm³/mol. The first-order valence-electron chi connectivity index (χ1n) is 6.56. The Morgan fingerprint density at radius 3 is 2.78 bits per heavy atom. The summed E-state index contributed by atoms with van der Waals surface area (Å²) in [5, 5.41) is 10.2. The monoisotopic (exact) mass is 250 g/mol. The van der Waals surface area contributed by atoms with E-state index in [0.29, 0.717) is 17.7 Å². The average Bonchev–Trinajstić information content (AvgIpc) is 2.56. The van der Waals surface area contributed by atoms with Crippen molar-refractivity contribution >= 4 is 0 Å². The number of halogens is 1. The van der Waals surface area contributed by atoms with Gasteiger partial charge in [-0.2, -0.15) is 0 Å². The van der Waals surface area contributed by atoms with Crippen LogP contribution in [-0.4, -0.2) is 10.7 Å². The van der Waals surface area contributed by atoms with Gasteiger partial charge in [0.2, 0.25) is 0 Å². The van der Waals surface area contributed by atoms with Crippen LogP contribution in [0.4, 0.5) is 4.39 Å². The third kappa shape index (κ3) is 1.91. The van der Waals surface area contributed by atoms with Crippen molar-refractivity contribution in [2.24, 2.45) is 5.41 Å². The van der Waals surface area contributed by atoms with Crippen LogP contribution in [0, 0.1) is 11.2 Å². The summed E-state index contributed by atoms with van der Waals surface area (Å²) in [5.41, 5.74) is 0.593. The van der Waals surface area contributed by atoms with E-state index in [4.69, 9.17) is 4.74 Å². The summed E-state index contributed by atoms with van der Waals surface area (Å²) in [6.45, 7) is 4.47. The summed E-state index contributed by atoms with van der Waals surface area (Å²) in [5.74, 6) is 0.326. The summed E-state index contributed by atoms with van der Waals surface area (Å²) in [6.07, 6.45) is 2.99. The molecule has 1 spiro atoms. The van der Waals surface area contributed by atoms with E-state index in [0.717, 1.165) is 19.3 Å². The highest BCUT2D eigenvalue weighted by Crippen LogP contribution is 2.52. The molecule has 1 aromatic rings. The summed E-state index contributed by atoms with van der Waals surface area (Å²) in [4.78, 5) is 0. The molecule has 1 N–H and O–H groups in total. The van der Waals surface area contributed by atoms with Gasteiger partial charge in [0.15, 0.2) is 0 Å². The molecule has 2 aliphatic rings. The Bertz CT molecular complexity index is 483. The van der Waals surface area contributed by atoms with E-state index in [1.807, 2.05) is 0 Å². The van der Waals surface area contributed by atoms with E-state index >= 15 is 0 Å². The van der Waals surface area contributed by atoms with E-state index < -0.39 is 6.10 Å². The number of rotatable bonds is 0. The van der Waals surface area contributed by atoms with Crippen LogP contribution in [-0.2, 0) is 0 Å². The van der Waals surface area contributed by atoms with Crippen LogP contribution in [0.3, 0.4) is 0 Å². The Balaban J connectivity index is 1.95. The number of ether oxygens (including phenoxy) is 1. The van der Waals surface area contributed by atoms with Crippen LogP contribution >= 0.6 is 0 Å². The standard InChI is InChI=1S/C15H19FO2/c1-14(2)5-6-15(9-14)8-12(17)11-7-10(16)3-4-13(11)18-15/h3-4,7,12,17H,5-6,8-9H2,1-2H3/t12-,15?/m1/s1. The van der Waals surface area contributed by atoms with Gasteiger partial charge >= 0.3 is 0 Å². The lowest BCUT2D eigenvalue weighted by Crippen LogP contribution is -2.39. The minimum absolute atomic E-state index is 0.256. The molecule has 98 valence electrons. The molecule has 1 saturated carbocycles. The number of hydrogen-bond acceptors (Lipinski definition) is 2. The van der Waals surface area contributed by atoms with Gasteiger partial charge in [0.25, 0.3) is 0 Å². The van der Waals surface area contributed by atoms with Gasteiger partial charge in [-0.15, -0.1) is 0 Å². The fourth-order valence-electron chi connectivity index (χ4n) is 3.49. The first-order chi connectivity index (χ1) is 8.39. The van der Waals surface area contributed by atoms with Gasteiger partial charge in [-0.05, 0) is 42.9 Å². The molecule has 3 rings (SSSR count). The minimum atomic E-state index is -0.613. The maximum absolute atomic E-state index is 13.2. The van der Waals surface area contributed by atoms with Crippen molar-refractivity contribution in [3.8, 4) is 5.75 Å². The van der Waals surface area contributed by atoms with Crippen LogP contribution in [0.1, 0.15) is 51.2 Å². The van der Waals surface area contributed by atoms with Crippen molar-refractivity contribution < 1.29 is 14.2 Å². The topological polar surface area (TPSA) is 29.5 Å². The van der Waals surface area contributed by atoms with Crippen LogP contribution in [0.25, 0.3) is 0 Å². The van der Waals surface area contributed by atoms with Crippen molar-refractivity contribution in [3.05, 3.63) is 29.6 Å². The molecule has 3 heteroatoms. The summed E-state index contributed by atoms with van der Waals surface area (Å²) in [6, 6.07) is 4.41. The number of fused-ring (bicyclic) bond motifs is 1. The van der Waals surface area contributed by atoms with Crippen molar-refractivity contribution in [3.63, 3.8) is 0 Å². The molecule has 18 heavy (non-hydrogen) atoms. The van der Waals surface area contributed by atoms with Crippen LogP contribution in [0.5, 0.6) is 5.75 Å². The second kappa shape index (κ2) is 3.70. The van der Waals surface area contributed by atoms with Gasteiger partial charge in [-0.1, -0.05) is 13.8 Å². The van der Waals surface area contributed by atoms with Crippen molar-refractivity contribution in [2.75, 3.05) is 0 Å². The van der Waals surface area contributed by atoms with E-state index in [2.05, 4.69) is 13.8 Å². The fraction of sp³-hybridized carbons (Fsp3) is 0.600. The van der Waals surface area contributed by atoms with Crippen molar-refractivity contribution in [1.29, 1.82) is 0 Å². The lowest BCUT2D eigenvalue weighted by atomic mass is 9.83. The van der Waals surface area contributed by atoms with Gasteiger partial charge in [-0.25, -0.2) is 4.39 Å².